The summed E-state index contributed by atoms with van der Waals surface area (Å²) in [5.74, 6) is -1.86. The standard InChI is InChI=1S/C67H103N3O26S2/c1-66(20-25-84-36-41-92-48-45-88-32-29-80-3)57-53-55(97(74,75)76)13-15-59(57)68(22-27-86-38-43-94-50-47-90-34-31-82-5)61(66)11-9-7-6-8-10-12-62-67(2,21-26-85-37-42-93-49-46-89-33-30-81-4)58-54-56(98(77,78)79)14-16-60(58)69(62)23-28-87-39-44-95-52-51-91-40-35-83-24-19-65(73)96-70-63(71)17-18-64(70)72/h6-16,53-54,61H,17-52H2,1-5H3,(H,74,75,76)(H,77,78,79)/b7-6+,10-8+,11-9+,62-12+. The highest BCUT2D eigenvalue weighted by molar-refractivity contribution is 7.86. The van der Waals surface area contributed by atoms with Crippen molar-refractivity contribution in [1.29, 1.82) is 0 Å². The highest BCUT2D eigenvalue weighted by atomic mass is 32.2. The van der Waals surface area contributed by atoms with Gasteiger partial charge in [-0.2, -0.15) is 16.8 Å². The summed E-state index contributed by atoms with van der Waals surface area (Å²) >= 11 is 0. The minimum Gasteiger partial charge on any atom is -0.382 e. The van der Waals surface area contributed by atoms with Crippen molar-refractivity contribution in [2.24, 2.45) is 0 Å². The van der Waals surface area contributed by atoms with Crippen molar-refractivity contribution in [3.63, 3.8) is 0 Å². The number of fused-ring (bicyclic) bond motifs is 2. The van der Waals surface area contributed by atoms with Crippen molar-refractivity contribution in [3.8, 4) is 0 Å². The van der Waals surface area contributed by atoms with Crippen LogP contribution in [0.2, 0.25) is 0 Å². The molecule has 0 aliphatic carbocycles. The number of ether oxygens (including phenoxy) is 16. The van der Waals surface area contributed by atoms with Crippen LogP contribution in [0.5, 0.6) is 0 Å². The summed E-state index contributed by atoms with van der Waals surface area (Å²) in [6, 6.07) is 8.83. The molecule has 0 saturated carbocycles. The van der Waals surface area contributed by atoms with Gasteiger partial charge in [0.2, 0.25) is 0 Å². The molecule has 1 saturated heterocycles. The van der Waals surface area contributed by atoms with Gasteiger partial charge >= 0.3 is 5.97 Å². The molecule has 0 bridgehead atoms. The first-order valence-electron chi connectivity index (χ1n) is 32.9. The summed E-state index contributed by atoms with van der Waals surface area (Å²) < 4.78 is 161. The number of benzene rings is 2. The van der Waals surface area contributed by atoms with E-state index in [-0.39, 0.29) is 94.6 Å². The van der Waals surface area contributed by atoms with Crippen LogP contribution in [0.1, 0.15) is 57.1 Å². The van der Waals surface area contributed by atoms with Crippen LogP contribution >= 0.6 is 0 Å². The first kappa shape index (κ1) is 83.5. The van der Waals surface area contributed by atoms with Crippen molar-refractivity contribution >= 4 is 49.4 Å². The smallest absolute Gasteiger partial charge is 0.335 e. The van der Waals surface area contributed by atoms with E-state index in [2.05, 4.69) is 9.80 Å². The number of carbonyl (C=O) groups is 3. The zero-order valence-electron chi connectivity index (χ0n) is 57.4. The molecule has 2 N–H and O–H groups in total. The average molecular weight is 1430 g/mol. The normalized spacial score (nSPS) is 18.5. The number of nitrogens with zero attached hydrogens (tertiary/aromatic N) is 3. The molecule has 3 aliphatic heterocycles. The van der Waals surface area contributed by atoms with Crippen LogP contribution in [-0.2, 0) is 126 Å². The molecule has 2 amide bonds. The van der Waals surface area contributed by atoms with Crippen LogP contribution in [0.4, 0.5) is 11.4 Å². The Morgan fingerprint density at radius 2 is 0.847 bits per heavy atom. The van der Waals surface area contributed by atoms with Gasteiger partial charge in [0.25, 0.3) is 32.1 Å². The number of imide groups is 1. The second-order valence-corrected chi connectivity index (χ2v) is 25.6. The number of anilines is 2. The van der Waals surface area contributed by atoms with E-state index >= 15 is 0 Å². The van der Waals surface area contributed by atoms with E-state index in [0.29, 0.717) is 174 Å². The molecule has 0 aromatic heterocycles. The molecule has 554 valence electrons. The third-order valence-electron chi connectivity index (χ3n) is 15.9. The first-order chi connectivity index (χ1) is 47.4. The van der Waals surface area contributed by atoms with Gasteiger partial charge in [-0.15, -0.1) is 5.06 Å². The highest BCUT2D eigenvalue weighted by Crippen LogP contribution is 2.51. The lowest BCUT2D eigenvalue weighted by Crippen LogP contribution is -2.44. The van der Waals surface area contributed by atoms with Crippen LogP contribution in [0, 0.1) is 0 Å². The second-order valence-electron chi connectivity index (χ2n) is 22.8. The second kappa shape index (κ2) is 47.1. The zero-order valence-corrected chi connectivity index (χ0v) is 59.0. The maximum absolute atomic E-state index is 12.7. The largest absolute Gasteiger partial charge is 0.382 e. The summed E-state index contributed by atoms with van der Waals surface area (Å²) in [5, 5.41) is 0.496. The number of carbonyl (C=O) groups excluding carboxylic acids is 3. The third-order valence-corrected chi connectivity index (χ3v) is 17.6. The number of allylic oxidation sites excluding steroid dienone is 7. The molecule has 3 atom stereocenters. The van der Waals surface area contributed by atoms with Gasteiger partial charge in [-0.3, -0.25) is 18.7 Å². The predicted octanol–water partition coefficient (Wildman–Crippen LogP) is 4.89. The van der Waals surface area contributed by atoms with Gasteiger partial charge < -0.3 is 90.4 Å². The van der Waals surface area contributed by atoms with Gasteiger partial charge in [0.15, 0.2) is 0 Å². The monoisotopic (exact) mass is 1430 g/mol. The minimum absolute atomic E-state index is 0.00950. The Hall–Kier alpha value is -5.21. The van der Waals surface area contributed by atoms with Crippen LogP contribution in [-0.4, -0.2) is 281 Å². The molecule has 3 aliphatic rings. The van der Waals surface area contributed by atoms with Crippen LogP contribution < -0.4 is 9.80 Å². The summed E-state index contributed by atoms with van der Waals surface area (Å²) in [7, 11) is -4.34. The van der Waals surface area contributed by atoms with E-state index in [0.717, 1.165) is 17.1 Å². The lowest BCUT2D eigenvalue weighted by molar-refractivity contribution is -0.198. The van der Waals surface area contributed by atoms with Gasteiger partial charge in [0, 0.05) is 88.4 Å². The molecule has 3 unspecified atom stereocenters. The van der Waals surface area contributed by atoms with Gasteiger partial charge in [0.1, 0.15) is 0 Å². The number of methoxy groups -OCH3 is 3. The third kappa shape index (κ3) is 29.4. The minimum atomic E-state index is -4.59. The van der Waals surface area contributed by atoms with Gasteiger partial charge in [-0.05, 0) is 73.4 Å². The zero-order chi connectivity index (χ0) is 70.8. The Morgan fingerprint density at radius 3 is 1.31 bits per heavy atom. The molecular formula is C67H103N3O26S2. The van der Waals surface area contributed by atoms with Crippen molar-refractivity contribution in [3.05, 3.63) is 95.8 Å². The average Bonchev–Trinajstić information content (AvgIpc) is 1.60. The van der Waals surface area contributed by atoms with E-state index < -0.39 is 48.8 Å². The summed E-state index contributed by atoms with van der Waals surface area (Å²) in [6.45, 7) is 14.7. The van der Waals surface area contributed by atoms with E-state index in [1.165, 1.54) is 24.3 Å². The molecular weight excluding hydrogens is 1330 g/mol. The van der Waals surface area contributed by atoms with E-state index in [1.807, 2.05) is 56.4 Å². The fourth-order valence-corrected chi connectivity index (χ4v) is 11.8. The van der Waals surface area contributed by atoms with Gasteiger partial charge in [-0.25, -0.2) is 4.79 Å². The molecule has 3 heterocycles. The number of hydrogen-bond acceptors (Lipinski definition) is 26. The quantitative estimate of drug-likeness (QED) is 0.0385. The number of hydroxylamine groups is 2. The molecule has 98 heavy (non-hydrogen) atoms. The van der Waals surface area contributed by atoms with Crippen molar-refractivity contribution < 1.29 is 121 Å². The molecule has 2 aromatic carbocycles. The fourth-order valence-electron chi connectivity index (χ4n) is 10.8. The Bertz CT molecular complexity index is 2990. The highest BCUT2D eigenvalue weighted by Gasteiger charge is 2.47. The van der Waals surface area contributed by atoms with E-state index in [1.54, 1.807) is 33.5 Å². The molecule has 2 aromatic rings. The van der Waals surface area contributed by atoms with Crippen LogP contribution in [0.3, 0.4) is 0 Å². The van der Waals surface area contributed by atoms with Crippen LogP contribution in [0.15, 0.2) is 94.4 Å². The Kier molecular flexibility index (Phi) is 40.1. The maximum Gasteiger partial charge on any atom is 0.335 e. The van der Waals surface area contributed by atoms with Crippen molar-refractivity contribution in [1.82, 2.24) is 5.06 Å². The molecule has 5 rings (SSSR count). The maximum atomic E-state index is 12.7. The summed E-state index contributed by atoms with van der Waals surface area (Å²) in [4.78, 5) is 43.9. The fraction of sp³-hybridized carbons (Fsp3) is 0.657. The lowest BCUT2D eigenvalue weighted by Gasteiger charge is -2.35. The lowest BCUT2D eigenvalue weighted by atomic mass is 9.75. The molecule has 1 fully saturated rings. The molecule has 31 heteroatoms. The molecule has 0 radical (unpaired) electrons. The number of amides is 2. The van der Waals surface area contributed by atoms with Crippen LogP contribution in [0.25, 0.3) is 0 Å². The topological polar surface area (TPSA) is 327 Å². The molecule has 0 spiro atoms. The Labute approximate surface area is 577 Å². The summed E-state index contributed by atoms with van der Waals surface area (Å²) in [5.41, 5.74) is 2.10. The van der Waals surface area contributed by atoms with E-state index in [4.69, 9.17) is 80.6 Å². The van der Waals surface area contributed by atoms with Crippen molar-refractivity contribution in [2.75, 3.05) is 236 Å². The predicted molar refractivity (Wildman–Crippen MR) is 359 cm³/mol. The Morgan fingerprint density at radius 1 is 0.469 bits per heavy atom. The van der Waals surface area contributed by atoms with Gasteiger partial charge in [0.05, 0.1) is 201 Å². The number of rotatable bonds is 58. The summed E-state index contributed by atoms with van der Waals surface area (Å²) in [6.07, 6.45) is 14.2. The number of hydrogen-bond donors (Lipinski definition) is 2. The van der Waals surface area contributed by atoms with Gasteiger partial charge in [-0.1, -0.05) is 43.4 Å². The SMILES string of the molecule is COCCOCCOCCOCCN1c2ccc(S(=O)(=O)O)cc2C(C)(CCOCCOCCOCCOC)C1/C=C/C=C/C=C/C=C1/N(CCOCCOCCOCCOCCC(=O)ON2C(=O)CCC2=O)c2ccc(S(=O)(=O)O)cc2C1(C)CCOCCOCCOCCOC. The Balaban J connectivity index is 1.29. The van der Waals surface area contributed by atoms with E-state index in [9.17, 15) is 40.3 Å². The first-order valence-corrected chi connectivity index (χ1v) is 35.8. The molecule has 29 nitrogen and oxygen atoms in total. The van der Waals surface area contributed by atoms with Crippen molar-refractivity contribution in [2.45, 2.75) is 72.6 Å².